The molecule has 0 saturated carbocycles. The third kappa shape index (κ3) is 8.07. The number of aromatic nitrogens is 1. The van der Waals surface area contributed by atoms with Crippen molar-refractivity contribution in [2.45, 2.75) is 37.8 Å². The molecule has 1 aromatic heterocycles. The Labute approximate surface area is 235 Å². The van der Waals surface area contributed by atoms with Crippen LogP contribution in [-0.4, -0.2) is 54.8 Å². The number of aliphatic carboxylic acids is 1. The first-order valence-electron chi connectivity index (χ1n) is 12.4. The Morgan fingerprint density at radius 3 is 2.22 bits per heavy atom. The average Bonchev–Trinajstić information content (AvgIpc) is 2.93. The van der Waals surface area contributed by atoms with Gasteiger partial charge >= 0.3 is 18.1 Å². The molecule has 0 spiro atoms. The van der Waals surface area contributed by atoms with E-state index in [0.29, 0.717) is 18.9 Å². The molecule has 0 bridgehead atoms. The van der Waals surface area contributed by atoms with E-state index in [-0.39, 0.29) is 16.1 Å². The van der Waals surface area contributed by atoms with Crippen LogP contribution in [0.4, 0.5) is 24.7 Å². The summed E-state index contributed by atoms with van der Waals surface area (Å²) in [6, 6.07) is 16.1. The predicted octanol–water partition coefficient (Wildman–Crippen LogP) is 5.38. The maximum Gasteiger partial charge on any atom is 0.490 e. The van der Waals surface area contributed by atoms with E-state index in [4.69, 9.17) is 9.90 Å². The molecule has 3 N–H and O–H groups in total. The first-order chi connectivity index (χ1) is 19.2. The summed E-state index contributed by atoms with van der Waals surface area (Å²) in [7, 11) is -3.87. The smallest absolute Gasteiger partial charge is 0.478 e. The van der Waals surface area contributed by atoms with E-state index in [1.54, 1.807) is 12.1 Å². The second kappa shape index (κ2) is 12.9. The molecule has 1 aliphatic rings. The zero-order chi connectivity index (χ0) is 30.4. The standard InChI is InChI=1S/C26H27N3O4S.C2HF3O2/c1-3-19-8-10-22(11-9-19)34(32,33)28-21-16-24(26(30)31)25(27-17-21)29-14-12-20(13-15-29)23-7-5-4-6-18(23)2;3-2(4,5)1(6)7/h4-12,16-17,28H,3,13-15H2,1-2H3,(H,30,31);(H,6,7). The summed E-state index contributed by atoms with van der Waals surface area (Å²) in [6.45, 7) is 5.20. The maximum atomic E-state index is 12.8. The number of rotatable bonds is 7. The third-order valence-electron chi connectivity index (χ3n) is 6.23. The van der Waals surface area contributed by atoms with Gasteiger partial charge < -0.3 is 15.1 Å². The Bertz CT molecular complexity index is 1550. The van der Waals surface area contributed by atoms with Gasteiger partial charge in [-0.1, -0.05) is 49.4 Å². The molecular weight excluding hydrogens is 563 g/mol. The minimum Gasteiger partial charge on any atom is -0.478 e. The summed E-state index contributed by atoms with van der Waals surface area (Å²) >= 11 is 0. The molecule has 0 radical (unpaired) electrons. The number of hydrogen-bond donors (Lipinski definition) is 3. The highest BCUT2D eigenvalue weighted by atomic mass is 32.2. The molecule has 1 aliphatic heterocycles. The summed E-state index contributed by atoms with van der Waals surface area (Å²) in [5.74, 6) is -3.60. The molecule has 2 aromatic carbocycles. The maximum absolute atomic E-state index is 12.8. The van der Waals surface area contributed by atoms with Gasteiger partial charge in [0.25, 0.3) is 10.0 Å². The van der Waals surface area contributed by atoms with Gasteiger partial charge in [0.15, 0.2) is 0 Å². The summed E-state index contributed by atoms with van der Waals surface area (Å²) in [6.07, 6.45) is -0.0665. The number of halogens is 3. The van der Waals surface area contributed by atoms with Crippen molar-refractivity contribution < 1.29 is 41.4 Å². The topological polar surface area (TPSA) is 137 Å². The third-order valence-corrected chi connectivity index (χ3v) is 7.63. The van der Waals surface area contributed by atoms with Gasteiger partial charge in [-0.25, -0.2) is 23.0 Å². The van der Waals surface area contributed by atoms with Gasteiger partial charge in [0.2, 0.25) is 0 Å². The molecule has 0 fully saturated rings. The van der Waals surface area contributed by atoms with Crippen molar-refractivity contribution in [2.24, 2.45) is 0 Å². The number of hydrogen-bond acceptors (Lipinski definition) is 6. The number of aryl methyl sites for hydroxylation is 2. The fraction of sp³-hybridized carbons (Fsp3) is 0.250. The van der Waals surface area contributed by atoms with Gasteiger partial charge in [0.1, 0.15) is 11.4 Å². The van der Waals surface area contributed by atoms with Gasteiger partial charge in [-0.2, -0.15) is 13.2 Å². The van der Waals surface area contributed by atoms with E-state index in [1.165, 1.54) is 41.1 Å². The number of carboxylic acids is 2. The lowest BCUT2D eigenvalue weighted by Crippen LogP contribution is -2.31. The molecular formula is C28H28F3N3O6S. The van der Waals surface area contributed by atoms with Crippen molar-refractivity contribution in [2.75, 3.05) is 22.7 Å². The Balaban J connectivity index is 0.000000587. The van der Waals surface area contributed by atoms with Crippen LogP contribution in [0.3, 0.4) is 0 Å². The summed E-state index contributed by atoms with van der Waals surface area (Å²) in [5, 5.41) is 16.9. The lowest BCUT2D eigenvalue weighted by atomic mass is 9.95. The van der Waals surface area contributed by atoms with E-state index in [1.807, 2.05) is 24.0 Å². The number of pyridine rings is 1. The highest BCUT2D eigenvalue weighted by Gasteiger charge is 2.38. The van der Waals surface area contributed by atoms with Crippen molar-refractivity contribution in [3.05, 3.63) is 89.1 Å². The van der Waals surface area contributed by atoms with Crippen molar-refractivity contribution in [3.8, 4) is 0 Å². The van der Waals surface area contributed by atoms with Crippen LogP contribution in [0, 0.1) is 6.92 Å². The minimum atomic E-state index is -5.08. The lowest BCUT2D eigenvalue weighted by Gasteiger charge is -2.29. The Morgan fingerprint density at radius 1 is 1.07 bits per heavy atom. The Morgan fingerprint density at radius 2 is 1.71 bits per heavy atom. The molecule has 0 atom stereocenters. The normalized spacial score (nSPS) is 13.5. The van der Waals surface area contributed by atoms with Crippen LogP contribution < -0.4 is 9.62 Å². The first-order valence-corrected chi connectivity index (χ1v) is 13.9. The molecule has 2 heterocycles. The quantitative estimate of drug-likeness (QED) is 0.333. The molecule has 41 heavy (non-hydrogen) atoms. The predicted molar refractivity (Wildman–Crippen MR) is 148 cm³/mol. The zero-order valence-corrected chi connectivity index (χ0v) is 23.0. The molecule has 9 nitrogen and oxygen atoms in total. The fourth-order valence-electron chi connectivity index (χ4n) is 4.08. The Kier molecular flexibility index (Phi) is 9.76. The number of anilines is 2. The lowest BCUT2D eigenvalue weighted by molar-refractivity contribution is -0.192. The van der Waals surface area contributed by atoms with Crippen LogP contribution in [0.1, 0.15) is 40.4 Å². The summed E-state index contributed by atoms with van der Waals surface area (Å²) in [4.78, 5) is 27.2. The van der Waals surface area contributed by atoms with Gasteiger partial charge in [-0.05, 0) is 60.2 Å². The van der Waals surface area contributed by atoms with E-state index in [9.17, 15) is 31.5 Å². The van der Waals surface area contributed by atoms with Gasteiger partial charge in [-0.15, -0.1) is 0 Å². The van der Waals surface area contributed by atoms with E-state index < -0.39 is 28.1 Å². The van der Waals surface area contributed by atoms with E-state index >= 15 is 0 Å². The number of carboxylic acid groups (broad SMARTS) is 2. The molecule has 0 saturated heterocycles. The Hall–Kier alpha value is -4.39. The molecule has 0 amide bonds. The number of nitrogens with zero attached hydrogens (tertiary/aromatic N) is 2. The van der Waals surface area contributed by atoms with Crippen LogP contribution in [-0.2, 0) is 21.2 Å². The zero-order valence-electron chi connectivity index (χ0n) is 22.1. The number of carbonyl (C=O) groups is 2. The number of aromatic carboxylic acids is 1. The van der Waals surface area contributed by atoms with Gasteiger partial charge in [-0.3, -0.25) is 4.72 Å². The number of nitrogens with one attached hydrogen (secondary N) is 1. The molecule has 0 unspecified atom stereocenters. The van der Waals surface area contributed by atoms with Crippen LogP contribution in [0.2, 0.25) is 0 Å². The fourth-order valence-corrected chi connectivity index (χ4v) is 5.11. The van der Waals surface area contributed by atoms with Crippen molar-refractivity contribution in [1.29, 1.82) is 0 Å². The van der Waals surface area contributed by atoms with Crippen LogP contribution in [0.25, 0.3) is 5.57 Å². The monoisotopic (exact) mass is 591 g/mol. The van der Waals surface area contributed by atoms with Crippen molar-refractivity contribution in [1.82, 2.24) is 4.98 Å². The van der Waals surface area contributed by atoms with Crippen molar-refractivity contribution >= 4 is 39.0 Å². The van der Waals surface area contributed by atoms with Crippen LogP contribution in [0.5, 0.6) is 0 Å². The van der Waals surface area contributed by atoms with E-state index in [2.05, 4.69) is 34.8 Å². The minimum absolute atomic E-state index is 0.0470. The number of sulfonamides is 1. The average molecular weight is 592 g/mol. The number of alkyl halides is 3. The first kappa shape index (κ1) is 31.1. The molecule has 13 heteroatoms. The second-order valence-electron chi connectivity index (χ2n) is 9.05. The molecule has 3 aromatic rings. The highest BCUT2D eigenvalue weighted by molar-refractivity contribution is 7.92. The van der Waals surface area contributed by atoms with Crippen LogP contribution >= 0.6 is 0 Å². The van der Waals surface area contributed by atoms with Gasteiger partial charge in [0.05, 0.1) is 16.8 Å². The molecule has 4 rings (SSSR count). The summed E-state index contributed by atoms with van der Waals surface area (Å²) in [5.41, 5.74) is 4.71. The second-order valence-corrected chi connectivity index (χ2v) is 10.7. The highest BCUT2D eigenvalue weighted by Crippen LogP contribution is 2.29. The van der Waals surface area contributed by atoms with Crippen molar-refractivity contribution in [3.63, 3.8) is 0 Å². The van der Waals surface area contributed by atoms with Gasteiger partial charge in [0, 0.05) is 13.1 Å². The SMILES string of the molecule is CCc1ccc(S(=O)(=O)Nc2cnc(N3CC=C(c4ccccc4C)CC3)c(C(=O)O)c2)cc1.O=C(O)C(F)(F)F. The number of benzene rings is 2. The molecule has 0 aliphatic carbocycles. The van der Waals surface area contributed by atoms with Crippen LogP contribution in [0.15, 0.2) is 71.8 Å². The molecule has 218 valence electrons. The largest absolute Gasteiger partial charge is 0.490 e. The summed E-state index contributed by atoms with van der Waals surface area (Å²) < 4.78 is 59.7. The van der Waals surface area contributed by atoms with E-state index in [0.717, 1.165) is 18.4 Å².